The molecule has 2 heterocycles. The largest absolute Gasteiger partial charge is 0.465 e. The summed E-state index contributed by atoms with van der Waals surface area (Å²) in [6.07, 6.45) is 3.12. The van der Waals surface area contributed by atoms with Crippen molar-refractivity contribution in [3.8, 4) is 6.07 Å². The van der Waals surface area contributed by atoms with Gasteiger partial charge in [-0.05, 0) is 24.5 Å². The topological polar surface area (TPSA) is 77.5 Å². The van der Waals surface area contributed by atoms with E-state index in [1.807, 2.05) is 13.0 Å². The summed E-state index contributed by atoms with van der Waals surface area (Å²) in [5.74, 6) is 0.296. The molecule has 1 N–H and O–H groups in total. The second kappa shape index (κ2) is 5.72. The Morgan fingerprint density at radius 1 is 1.68 bits per heavy atom. The van der Waals surface area contributed by atoms with Crippen LogP contribution in [0.4, 0.5) is 0 Å². The number of hydrogen-bond donors (Lipinski definition) is 1. The van der Waals surface area contributed by atoms with Crippen LogP contribution in [0.3, 0.4) is 0 Å². The Bertz CT molecular complexity index is 513. The van der Waals surface area contributed by atoms with Crippen LogP contribution >= 0.6 is 0 Å². The molecule has 5 heteroatoms. The summed E-state index contributed by atoms with van der Waals surface area (Å²) >= 11 is 0. The third kappa shape index (κ3) is 3.04. The summed E-state index contributed by atoms with van der Waals surface area (Å²) in [6.45, 7) is 2.79. The van der Waals surface area contributed by atoms with Crippen molar-refractivity contribution >= 4 is 12.0 Å². The number of carbonyl (C=O) groups is 1. The molecule has 1 saturated heterocycles. The number of amides is 1. The van der Waals surface area contributed by atoms with Crippen LogP contribution in [0.15, 0.2) is 28.4 Å². The van der Waals surface area contributed by atoms with Gasteiger partial charge in [0.2, 0.25) is 0 Å². The Morgan fingerprint density at radius 2 is 2.47 bits per heavy atom. The van der Waals surface area contributed by atoms with Gasteiger partial charge in [0.15, 0.2) is 0 Å². The molecule has 2 unspecified atom stereocenters. The fraction of sp³-hybridized carbons (Fsp3) is 0.429. The minimum Gasteiger partial charge on any atom is -0.465 e. The maximum atomic E-state index is 12.2. The van der Waals surface area contributed by atoms with Crippen molar-refractivity contribution in [1.29, 1.82) is 5.26 Å². The van der Waals surface area contributed by atoms with Crippen LogP contribution in [-0.2, 0) is 4.79 Å². The predicted molar refractivity (Wildman–Crippen MR) is 68.7 cm³/mol. The second-order valence-electron chi connectivity index (χ2n) is 4.77. The quantitative estimate of drug-likeness (QED) is 0.644. The van der Waals surface area contributed by atoms with Gasteiger partial charge >= 0.3 is 0 Å². The molecule has 1 aliphatic heterocycles. The number of aliphatic hydroxyl groups is 1. The standard InChI is InChI=1S/C14H16N2O3/c1-10-4-5-16(9-13(10)17)14(18)11(8-15)7-12-3-2-6-19-12/h2-3,6-7,10,13,17H,4-5,9H2,1H3/b11-7+. The highest BCUT2D eigenvalue weighted by Crippen LogP contribution is 2.19. The van der Waals surface area contributed by atoms with Crippen molar-refractivity contribution in [2.45, 2.75) is 19.4 Å². The molecular weight excluding hydrogens is 244 g/mol. The van der Waals surface area contributed by atoms with Gasteiger partial charge in [0.1, 0.15) is 17.4 Å². The first-order chi connectivity index (χ1) is 9.11. The average molecular weight is 260 g/mol. The molecule has 0 aliphatic carbocycles. The molecule has 100 valence electrons. The number of furan rings is 1. The van der Waals surface area contributed by atoms with E-state index in [2.05, 4.69) is 0 Å². The van der Waals surface area contributed by atoms with Crippen LogP contribution in [0.5, 0.6) is 0 Å². The molecule has 0 saturated carbocycles. The van der Waals surface area contributed by atoms with E-state index in [4.69, 9.17) is 9.68 Å². The third-order valence-electron chi connectivity index (χ3n) is 3.39. The summed E-state index contributed by atoms with van der Waals surface area (Å²) in [5, 5.41) is 18.9. The number of nitriles is 1. The van der Waals surface area contributed by atoms with Crippen molar-refractivity contribution in [2.24, 2.45) is 5.92 Å². The number of hydrogen-bond acceptors (Lipinski definition) is 4. The summed E-state index contributed by atoms with van der Waals surface area (Å²) < 4.78 is 5.09. The Labute approximate surface area is 111 Å². The summed E-state index contributed by atoms with van der Waals surface area (Å²) in [6, 6.07) is 5.26. The van der Waals surface area contributed by atoms with Crippen molar-refractivity contribution in [3.63, 3.8) is 0 Å². The smallest absolute Gasteiger partial charge is 0.264 e. The fourth-order valence-electron chi connectivity index (χ4n) is 2.06. The number of rotatable bonds is 2. The van der Waals surface area contributed by atoms with Crippen molar-refractivity contribution in [1.82, 2.24) is 4.90 Å². The molecule has 1 fully saturated rings. The number of carbonyl (C=O) groups excluding carboxylic acids is 1. The lowest BCUT2D eigenvalue weighted by molar-refractivity contribution is -0.130. The average Bonchev–Trinajstić information content (AvgIpc) is 2.91. The molecule has 0 radical (unpaired) electrons. The number of piperidine rings is 1. The highest BCUT2D eigenvalue weighted by atomic mass is 16.3. The molecule has 2 atom stereocenters. The number of likely N-dealkylation sites (tertiary alicyclic amines) is 1. The number of aliphatic hydroxyl groups excluding tert-OH is 1. The molecule has 1 aliphatic rings. The van der Waals surface area contributed by atoms with Crippen LogP contribution in [-0.4, -0.2) is 35.1 Å². The SMILES string of the molecule is CC1CCN(C(=O)/C(C#N)=C/c2ccco2)CC1O. The van der Waals surface area contributed by atoms with Crippen molar-refractivity contribution < 1.29 is 14.3 Å². The van der Waals surface area contributed by atoms with E-state index in [0.717, 1.165) is 6.42 Å². The molecule has 1 amide bonds. The zero-order chi connectivity index (χ0) is 13.8. The van der Waals surface area contributed by atoms with Gasteiger partial charge in [-0.25, -0.2) is 0 Å². The minimum absolute atomic E-state index is 0.0247. The van der Waals surface area contributed by atoms with E-state index in [-0.39, 0.29) is 23.9 Å². The van der Waals surface area contributed by atoms with Crippen LogP contribution in [0.1, 0.15) is 19.1 Å². The van der Waals surface area contributed by atoms with Crippen LogP contribution < -0.4 is 0 Å². The number of β-amino-alcohol motifs (C(OH)–C–C–N with tert-alkyl or cyclic N) is 1. The lowest BCUT2D eigenvalue weighted by Gasteiger charge is -2.34. The number of nitrogens with zero attached hydrogens (tertiary/aromatic N) is 2. The molecule has 5 nitrogen and oxygen atoms in total. The van der Waals surface area contributed by atoms with Gasteiger partial charge in [0.05, 0.1) is 12.4 Å². The Balaban J connectivity index is 2.12. The Kier molecular flexibility index (Phi) is 4.03. The van der Waals surface area contributed by atoms with Crippen molar-refractivity contribution in [3.05, 3.63) is 29.7 Å². The first kappa shape index (κ1) is 13.4. The Morgan fingerprint density at radius 3 is 3.05 bits per heavy atom. The maximum Gasteiger partial charge on any atom is 0.264 e. The Hall–Kier alpha value is -2.06. The highest BCUT2D eigenvalue weighted by molar-refractivity contribution is 6.01. The molecule has 0 spiro atoms. The van der Waals surface area contributed by atoms with Gasteiger partial charge in [-0.15, -0.1) is 0 Å². The lowest BCUT2D eigenvalue weighted by Crippen LogP contribution is -2.46. The molecule has 19 heavy (non-hydrogen) atoms. The third-order valence-corrected chi connectivity index (χ3v) is 3.39. The first-order valence-electron chi connectivity index (χ1n) is 6.24. The van der Waals surface area contributed by atoms with E-state index < -0.39 is 6.10 Å². The monoisotopic (exact) mass is 260 g/mol. The molecule has 0 aromatic carbocycles. The van der Waals surface area contributed by atoms with E-state index in [1.165, 1.54) is 17.2 Å². The van der Waals surface area contributed by atoms with Gasteiger partial charge < -0.3 is 14.4 Å². The van der Waals surface area contributed by atoms with Crippen LogP contribution in [0, 0.1) is 17.2 Å². The molecule has 0 bridgehead atoms. The zero-order valence-corrected chi connectivity index (χ0v) is 10.7. The lowest BCUT2D eigenvalue weighted by atomic mass is 9.95. The fourth-order valence-corrected chi connectivity index (χ4v) is 2.06. The molecule has 1 aromatic heterocycles. The summed E-state index contributed by atoms with van der Waals surface area (Å²) in [5.41, 5.74) is 0.0247. The second-order valence-corrected chi connectivity index (χ2v) is 4.77. The molecular formula is C14H16N2O3. The molecule has 2 rings (SSSR count). The van der Waals surface area contributed by atoms with E-state index in [9.17, 15) is 9.90 Å². The van der Waals surface area contributed by atoms with Gasteiger partial charge in [-0.3, -0.25) is 4.79 Å². The van der Waals surface area contributed by atoms with Gasteiger partial charge in [-0.2, -0.15) is 5.26 Å². The maximum absolute atomic E-state index is 12.2. The van der Waals surface area contributed by atoms with Gasteiger partial charge in [-0.1, -0.05) is 6.92 Å². The first-order valence-corrected chi connectivity index (χ1v) is 6.24. The minimum atomic E-state index is -0.527. The van der Waals surface area contributed by atoms with E-state index >= 15 is 0 Å². The van der Waals surface area contributed by atoms with Crippen molar-refractivity contribution in [2.75, 3.05) is 13.1 Å². The summed E-state index contributed by atoms with van der Waals surface area (Å²) in [4.78, 5) is 13.7. The normalized spacial score (nSPS) is 24.1. The highest BCUT2D eigenvalue weighted by Gasteiger charge is 2.28. The van der Waals surface area contributed by atoms with E-state index in [1.54, 1.807) is 12.1 Å². The zero-order valence-electron chi connectivity index (χ0n) is 10.7. The predicted octanol–water partition coefficient (Wildman–Crippen LogP) is 1.42. The van der Waals surface area contributed by atoms with Crippen LogP contribution in [0.2, 0.25) is 0 Å². The van der Waals surface area contributed by atoms with Gasteiger partial charge in [0, 0.05) is 19.2 Å². The molecule has 1 aromatic rings. The summed E-state index contributed by atoms with van der Waals surface area (Å²) in [7, 11) is 0. The van der Waals surface area contributed by atoms with E-state index in [0.29, 0.717) is 12.3 Å². The van der Waals surface area contributed by atoms with Crippen LogP contribution in [0.25, 0.3) is 6.08 Å². The van der Waals surface area contributed by atoms with Gasteiger partial charge in [0.25, 0.3) is 5.91 Å².